The number of aromatic nitrogens is 4. The maximum atomic E-state index is 5.84. The minimum absolute atomic E-state index is 0.422. The van der Waals surface area contributed by atoms with Crippen molar-refractivity contribution in [3.8, 4) is 5.69 Å². The highest BCUT2D eigenvalue weighted by molar-refractivity contribution is 6.29. The van der Waals surface area contributed by atoms with E-state index >= 15 is 0 Å². The number of hydrogen-bond acceptors (Lipinski definition) is 4. The van der Waals surface area contributed by atoms with Crippen LogP contribution in [0.4, 0.5) is 11.6 Å². The van der Waals surface area contributed by atoms with E-state index in [4.69, 9.17) is 11.6 Å². The first kappa shape index (κ1) is 15.0. The molecule has 0 aliphatic rings. The average Bonchev–Trinajstić information content (AvgIpc) is 2.99. The van der Waals surface area contributed by atoms with Crippen LogP contribution in [0.15, 0.2) is 55.0 Å². The molecule has 21 heavy (non-hydrogen) atoms. The third-order valence-corrected chi connectivity index (χ3v) is 2.70. The number of hydrogen-bond donors (Lipinski definition) is 1. The van der Waals surface area contributed by atoms with Crippen LogP contribution in [-0.4, -0.2) is 19.7 Å². The fraction of sp³-hybridized carbons (Fsp3) is 0.133. The Hall–Kier alpha value is -2.40. The minimum atomic E-state index is 0.422. The van der Waals surface area contributed by atoms with Gasteiger partial charge in [0.2, 0.25) is 5.95 Å². The molecule has 3 aromatic rings. The van der Waals surface area contributed by atoms with Crippen LogP contribution in [-0.2, 0) is 0 Å². The van der Waals surface area contributed by atoms with Crippen LogP contribution in [0, 0.1) is 0 Å². The van der Waals surface area contributed by atoms with E-state index in [0.717, 1.165) is 11.4 Å². The highest BCUT2D eigenvalue weighted by atomic mass is 35.5. The molecule has 0 spiro atoms. The lowest BCUT2D eigenvalue weighted by Gasteiger charge is -2.01. The predicted molar refractivity (Wildman–Crippen MR) is 85.2 cm³/mol. The Labute approximate surface area is 128 Å². The number of nitrogens with one attached hydrogen (secondary N) is 1. The molecule has 2 heterocycles. The van der Waals surface area contributed by atoms with E-state index in [1.165, 1.54) is 0 Å². The first-order chi connectivity index (χ1) is 10.3. The van der Waals surface area contributed by atoms with Crippen LogP contribution in [0.1, 0.15) is 13.8 Å². The topological polar surface area (TPSA) is 55.6 Å². The van der Waals surface area contributed by atoms with Gasteiger partial charge in [0.15, 0.2) is 0 Å². The highest BCUT2D eigenvalue weighted by Gasteiger charge is 2.03. The van der Waals surface area contributed by atoms with Crippen molar-refractivity contribution in [3.63, 3.8) is 0 Å². The van der Waals surface area contributed by atoms with Gasteiger partial charge in [0.25, 0.3) is 0 Å². The van der Waals surface area contributed by atoms with E-state index in [-0.39, 0.29) is 0 Å². The molecule has 3 rings (SSSR count). The highest BCUT2D eigenvalue weighted by Crippen LogP contribution is 2.14. The van der Waals surface area contributed by atoms with Gasteiger partial charge in [-0.2, -0.15) is 4.98 Å². The van der Waals surface area contributed by atoms with Crippen molar-refractivity contribution in [1.82, 2.24) is 19.7 Å². The summed E-state index contributed by atoms with van der Waals surface area (Å²) in [5.74, 6) is 0.527. The van der Waals surface area contributed by atoms with E-state index < -0.39 is 0 Å². The number of benzene rings is 1. The summed E-state index contributed by atoms with van der Waals surface area (Å²) >= 11 is 5.84. The summed E-state index contributed by atoms with van der Waals surface area (Å²) in [6.07, 6.45) is 3.25. The van der Waals surface area contributed by atoms with Crippen molar-refractivity contribution < 1.29 is 0 Å². The molecule has 108 valence electrons. The van der Waals surface area contributed by atoms with Gasteiger partial charge in [-0.15, -0.1) is 5.10 Å². The Morgan fingerprint density at radius 2 is 1.81 bits per heavy atom. The molecule has 0 atom stereocenters. The Bertz CT molecular complexity index is 681. The van der Waals surface area contributed by atoms with Gasteiger partial charge in [0, 0.05) is 18.0 Å². The Morgan fingerprint density at radius 1 is 1.05 bits per heavy atom. The number of rotatable bonds is 3. The summed E-state index contributed by atoms with van der Waals surface area (Å²) in [6.45, 7) is 4.00. The Morgan fingerprint density at radius 3 is 2.52 bits per heavy atom. The second-order valence-electron chi connectivity index (χ2n) is 3.84. The van der Waals surface area contributed by atoms with Gasteiger partial charge in [-0.25, -0.2) is 9.67 Å². The molecule has 0 aliphatic heterocycles. The molecule has 1 N–H and O–H groups in total. The van der Waals surface area contributed by atoms with Crippen LogP contribution in [0.5, 0.6) is 0 Å². The summed E-state index contributed by atoms with van der Waals surface area (Å²) in [5, 5.41) is 7.86. The summed E-state index contributed by atoms with van der Waals surface area (Å²) in [5.41, 5.74) is 1.75. The van der Waals surface area contributed by atoms with E-state index in [1.807, 2.05) is 50.2 Å². The smallest absolute Gasteiger partial charge is 0.246 e. The molecule has 0 fully saturated rings. The molecule has 5 nitrogen and oxygen atoms in total. The van der Waals surface area contributed by atoms with Gasteiger partial charge in [0.1, 0.15) is 11.5 Å². The van der Waals surface area contributed by atoms with Gasteiger partial charge in [-0.05, 0) is 18.2 Å². The van der Waals surface area contributed by atoms with Crippen molar-refractivity contribution in [2.24, 2.45) is 0 Å². The molecule has 0 saturated heterocycles. The largest absolute Gasteiger partial charge is 0.323 e. The Kier molecular flexibility index (Phi) is 5.29. The van der Waals surface area contributed by atoms with Crippen molar-refractivity contribution in [1.29, 1.82) is 0 Å². The predicted octanol–water partition coefficient (Wildman–Crippen LogP) is 4.09. The van der Waals surface area contributed by atoms with Gasteiger partial charge < -0.3 is 5.32 Å². The first-order valence-corrected chi connectivity index (χ1v) is 7.05. The molecule has 1 aromatic carbocycles. The van der Waals surface area contributed by atoms with Crippen molar-refractivity contribution in [2.45, 2.75) is 13.8 Å². The zero-order valence-corrected chi connectivity index (χ0v) is 12.6. The zero-order chi connectivity index (χ0) is 15.1. The third-order valence-electron chi connectivity index (χ3n) is 2.50. The van der Waals surface area contributed by atoms with Crippen LogP contribution in [0.3, 0.4) is 0 Å². The van der Waals surface area contributed by atoms with Crippen LogP contribution >= 0.6 is 11.6 Å². The van der Waals surface area contributed by atoms with Crippen molar-refractivity contribution >= 4 is 23.2 Å². The number of para-hydroxylation sites is 1. The normalized spacial score (nSPS) is 9.67. The van der Waals surface area contributed by atoms with Crippen LogP contribution < -0.4 is 5.32 Å². The number of pyridine rings is 1. The molecule has 0 saturated carbocycles. The lowest BCUT2D eigenvalue weighted by Crippen LogP contribution is -1.97. The van der Waals surface area contributed by atoms with Gasteiger partial charge in [0.05, 0.1) is 5.69 Å². The lowest BCUT2D eigenvalue weighted by atomic mass is 10.3. The second kappa shape index (κ2) is 7.40. The molecule has 0 aliphatic carbocycles. The molecule has 2 aromatic heterocycles. The van der Waals surface area contributed by atoms with Gasteiger partial charge >= 0.3 is 0 Å². The summed E-state index contributed by atoms with van der Waals surface area (Å²) in [6, 6.07) is 13.3. The van der Waals surface area contributed by atoms with E-state index in [2.05, 4.69) is 20.4 Å². The second-order valence-corrected chi connectivity index (χ2v) is 4.23. The fourth-order valence-electron chi connectivity index (χ4n) is 1.63. The maximum absolute atomic E-state index is 5.84. The van der Waals surface area contributed by atoms with E-state index in [9.17, 15) is 0 Å². The van der Waals surface area contributed by atoms with E-state index in [0.29, 0.717) is 11.1 Å². The van der Waals surface area contributed by atoms with Crippen LogP contribution in [0.2, 0.25) is 5.15 Å². The number of halogens is 1. The number of nitrogens with zero attached hydrogens (tertiary/aromatic N) is 4. The van der Waals surface area contributed by atoms with Crippen molar-refractivity contribution in [3.05, 3.63) is 60.1 Å². The lowest BCUT2D eigenvalue weighted by molar-refractivity contribution is 0.879. The summed E-state index contributed by atoms with van der Waals surface area (Å²) in [4.78, 5) is 8.12. The third kappa shape index (κ3) is 4.03. The SMILES string of the molecule is CC.Clc1cc(-n2cnc(Nc3ccccc3)n2)ccn1. The van der Waals surface area contributed by atoms with Crippen LogP contribution in [0.25, 0.3) is 5.69 Å². The zero-order valence-electron chi connectivity index (χ0n) is 11.9. The number of anilines is 2. The molecule has 0 radical (unpaired) electrons. The molecule has 6 heteroatoms. The standard InChI is InChI=1S/C13H10ClN5.C2H6/c14-12-8-11(6-7-15-12)19-9-16-13(18-19)17-10-4-2-1-3-5-10;1-2/h1-9H,(H,17,18);1-2H3. The monoisotopic (exact) mass is 301 g/mol. The molecule has 0 amide bonds. The minimum Gasteiger partial charge on any atom is -0.323 e. The summed E-state index contributed by atoms with van der Waals surface area (Å²) in [7, 11) is 0. The fourth-order valence-corrected chi connectivity index (χ4v) is 1.80. The molecular formula is C15H16ClN5. The molecule has 0 bridgehead atoms. The maximum Gasteiger partial charge on any atom is 0.246 e. The molecular weight excluding hydrogens is 286 g/mol. The van der Waals surface area contributed by atoms with Gasteiger partial charge in [-0.1, -0.05) is 43.6 Å². The molecule has 0 unspecified atom stereocenters. The van der Waals surface area contributed by atoms with Gasteiger partial charge in [-0.3, -0.25) is 0 Å². The van der Waals surface area contributed by atoms with E-state index in [1.54, 1.807) is 23.3 Å². The van der Waals surface area contributed by atoms with Crippen molar-refractivity contribution in [2.75, 3.05) is 5.32 Å². The summed E-state index contributed by atoms with van der Waals surface area (Å²) < 4.78 is 1.64. The Balaban J connectivity index is 0.000000774. The first-order valence-electron chi connectivity index (χ1n) is 6.67. The quantitative estimate of drug-likeness (QED) is 0.740. The average molecular weight is 302 g/mol.